The molecule has 0 radical (unpaired) electrons. The van der Waals surface area contributed by atoms with Crippen molar-refractivity contribution in [1.29, 1.82) is 0 Å². The third kappa shape index (κ3) is 14.9. The minimum Gasteiger partial charge on any atom is -0.0654 e. The summed E-state index contributed by atoms with van der Waals surface area (Å²) in [5, 5.41) is 0. The van der Waals surface area contributed by atoms with Gasteiger partial charge in [-0.2, -0.15) is 0 Å². The molecule has 1 unspecified atom stereocenters. The van der Waals surface area contributed by atoms with Crippen LogP contribution in [0.1, 0.15) is 131 Å². The van der Waals surface area contributed by atoms with Crippen molar-refractivity contribution in [2.45, 2.75) is 131 Å². The number of rotatable bonds is 16. The van der Waals surface area contributed by atoms with Crippen LogP contribution < -0.4 is 0 Å². The molecule has 0 saturated heterocycles. The summed E-state index contributed by atoms with van der Waals surface area (Å²) < 4.78 is 0. The molecule has 0 fully saturated rings. The Balaban J connectivity index is 3.40. The van der Waals surface area contributed by atoms with Crippen molar-refractivity contribution in [3.05, 3.63) is 0 Å². The van der Waals surface area contributed by atoms with Gasteiger partial charge >= 0.3 is 0 Å². The first kappa shape index (κ1) is 22.0. The van der Waals surface area contributed by atoms with E-state index in [1.807, 2.05) is 0 Å². The molecule has 0 aromatic heterocycles. The molecule has 0 heterocycles. The van der Waals surface area contributed by atoms with Gasteiger partial charge in [-0.15, -0.1) is 0 Å². The van der Waals surface area contributed by atoms with E-state index in [-0.39, 0.29) is 0 Å². The molecule has 134 valence electrons. The van der Waals surface area contributed by atoms with Crippen molar-refractivity contribution in [2.24, 2.45) is 11.3 Å². The van der Waals surface area contributed by atoms with Gasteiger partial charge in [0.2, 0.25) is 0 Å². The normalized spacial score (nSPS) is 13.5. The van der Waals surface area contributed by atoms with E-state index in [0.29, 0.717) is 5.41 Å². The third-order valence-electron chi connectivity index (χ3n) is 5.31. The first-order chi connectivity index (χ1) is 10.5. The number of unbranched alkanes of at least 4 members (excludes halogenated alkanes) is 8. The molecule has 0 heteroatoms. The van der Waals surface area contributed by atoms with Crippen molar-refractivity contribution >= 4 is 0 Å². The Bertz CT molecular complexity index is 216. The highest BCUT2D eigenvalue weighted by Gasteiger charge is 2.16. The Morgan fingerprint density at radius 2 is 1.05 bits per heavy atom. The summed E-state index contributed by atoms with van der Waals surface area (Å²) in [5.41, 5.74) is 0.586. The van der Waals surface area contributed by atoms with Crippen molar-refractivity contribution in [3.63, 3.8) is 0 Å². The Morgan fingerprint density at radius 3 is 1.64 bits per heavy atom. The van der Waals surface area contributed by atoms with Gasteiger partial charge in [0.25, 0.3) is 0 Å². The van der Waals surface area contributed by atoms with E-state index in [1.54, 1.807) is 0 Å². The van der Waals surface area contributed by atoms with Gasteiger partial charge in [0.15, 0.2) is 0 Å². The van der Waals surface area contributed by atoms with Gasteiger partial charge in [0, 0.05) is 0 Å². The monoisotopic (exact) mass is 310 g/mol. The average Bonchev–Trinajstić information content (AvgIpc) is 2.48. The minimum absolute atomic E-state index is 0.586. The van der Waals surface area contributed by atoms with Gasteiger partial charge in [-0.05, 0) is 24.2 Å². The lowest BCUT2D eigenvalue weighted by Gasteiger charge is -2.24. The predicted octanol–water partition coefficient (Wildman–Crippen LogP) is 8.54. The van der Waals surface area contributed by atoms with Gasteiger partial charge in [0.05, 0.1) is 0 Å². The summed E-state index contributed by atoms with van der Waals surface area (Å²) in [6, 6.07) is 0. The van der Waals surface area contributed by atoms with Crippen LogP contribution in [0.15, 0.2) is 0 Å². The maximum atomic E-state index is 2.48. The van der Waals surface area contributed by atoms with E-state index in [2.05, 4.69) is 34.6 Å². The molecule has 0 aliphatic heterocycles. The molecule has 0 nitrogen and oxygen atoms in total. The quantitative estimate of drug-likeness (QED) is 0.250. The second kappa shape index (κ2) is 14.6. The van der Waals surface area contributed by atoms with Gasteiger partial charge in [-0.1, -0.05) is 118 Å². The number of hydrogen-bond donors (Lipinski definition) is 0. The highest BCUT2D eigenvalue weighted by molar-refractivity contribution is 4.68. The van der Waals surface area contributed by atoms with Crippen LogP contribution in [-0.2, 0) is 0 Å². The van der Waals surface area contributed by atoms with Crippen LogP contribution in [0.25, 0.3) is 0 Å². The molecule has 0 N–H and O–H groups in total. The molecule has 0 aliphatic carbocycles. The molecule has 1 atom stereocenters. The summed E-state index contributed by atoms with van der Waals surface area (Å²) >= 11 is 0. The van der Waals surface area contributed by atoms with E-state index in [9.17, 15) is 0 Å². The summed E-state index contributed by atoms with van der Waals surface area (Å²) in [6.45, 7) is 12.0. The molecule has 0 aliphatic rings. The Kier molecular flexibility index (Phi) is 14.6. The van der Waals surface area contributed by atoms with E-state index in [4.69, 9.17) is 0 Å². The molecule has 0 aromatic rings. The zero-order valence-electron chi connectivity index (χ0n) is 16.7. The van der Waals surface area contributed by atoms with E-state index < -0.39 is 0 Å². The second-order valence-electron chi connectivity index (χ2n) is 8.53. The minimum atomic E-state index is 0.586. The van der Waals surface area contributed by atoms with Crippen LogP contribution in [0.5, 0.6) is 0 Å². The number of hydrogen-bond acceptors (Lipinski definition) is 0. The highest BCUT2D eigenvalue weighted by atomic mass is 14.2. The molecule has 0 rings (SSSR count). The summed E-state index contributed by atoms with van der Waals surface area (Å²) in [5.74, 6) is 0.960. The summed E-state index contributed by atoms with van der Waals surface area (Å²) in [6.07, 6.45) is 21.5. The first-order valence-electron chi connectivity index (χ1n) is 10.5. The first-order valence-corrected chi connectivity index (χ1v) is 10.5. The largest absolute Gasteiger partial charge is 0.0654 e. The fourth-order valence-electron chi connectivity index (χ4n) is 3.48. The smallest absolute Gasteiger partial charge is 0.0354 e. The van der Waals surface area contributed by atoms with Crippen LogP contribution in [0, 0.1) is 11.3 Å². The molecule has 0 amide bonds. The fraction of sp³-hybridized carbons (Fsp3) is 1.00. The molecule has 22 heavy (non-hydrogen) atoms. The molecule has 0 spiro atoms. The maximum absolute atomic E-state index is 2.48. The van der Waals surface area contributed by atoms with Crippen LogP contribution in [0.2, 0.25) is 0 Å². The van der Waals surface area contributed by atoms with E-state index >= 15 is 0 Å². The Labute approximate surface area is 142 Å². The predicted molar refractivity (Wildman–Crippen MR) is 104 cm³/mol. The average molecular weight is 311 g/mol. The van der Waals surface area contributed by atoms with Gasteiger partial charge in [0.1, 0.15) is 0 Å². The SMILES string of the molecule is CCCCCCC(C)(C)CCCCCCCC(C)CCCC. The van der Waals surface area contributed by atoms with Crippen LogP contribution in [-0.4, -0.2) is 0 Å². The zero-order chi connectivity index (χ0) is 16.7. The Hall–Kier alpha value is 0. The van der Waals surface area contributed by atoms with Crippen molar-refractivity contribution in [3.8, 4) is 0 Å². The van der Waals surface area contributed by atoms with Gasteiger partial charge in [-0.3, -0.25) is 0 Å². The zero-order valence-corrected chi connectivity index (χ0v) is 16.7. The van der Waals surface area contributed by atoms with Crippen molar-refractivity contribution in [1.82, 2.24) is 0 Å². The lowest BCUT2D eigenvalue weighted by molar-refractivity contribution is 0.282. The van der Waals surface area contributed by atoms with E-state index in [0.717, 1.165) is 5.92 Å². The van der Waals surface area contributed by atoms with Gasteiger partial charge < -0.3 is 0 Å². The Morgan fingerprint density at radius 1 is 0.591 bits per heavy atom. The van der Waals surface area contributed by atoms with Crippen LogP contribution in [0.4, 0.5) is 0 Å². The second-order valence-corrected chi connectivity index (χ2v) is 8.53. The maximum Gasteiger partial charge on any atom is -0.0354 e. The molecule has 0 saturated carbocycles. The van der Waals surface area contributed by atoms with Crippen molar-refractivity contribution in [2.75, 3.05) is 0 Å². The van der Waals surface area contributed by atoms with Crippen LogP contribution in [0.3, 0.4) is 0 Å². The van der Waals surface area contributed by atoms with Gasteiger partial charge in [-0.25, -0.2) is 0 Å². The lowest BCUT2D eigenvalue weighted by Crippen LogP contribution is -2.11. The fourth-order valence-corrected chi connectivity index (χ4v) is 3.48. The summed E-state index contributed by atoms with van der Waals surface area (Å²) in [4.78, 5) is 0. The molecule has 0 bridgehead atoms. The van der Waals surface area contributed by atoms with Crippen LogP contribution >= 0.6 is 0 Å². The molecular weight excluding hydrogens is 264 g/mol. The standard InChI is InChI=1S/C22H46/c1-6-8-10-15-19-22(4,5)20-16-13-11-12-14-18-21(3)17-9-7-2/h21H,6-20H2,1-5H3. The topological polar surface area (TPSA) is 0 Å². The summed E-state index contributed by atoms with van der Waals surface area (Å²) in [7, 11) is 0. The lowest BCUT2D eigenvalue weighted by atomic mass is 9.82. The third-order valence-corrected chi connectivity index (χ3v) is 5.31. The molecular formula is C22H46. The van der Waals surface area contributed by atoms with E-state index in [1.165, 1.54) is 96.3 Å². The van der Waals surface area contributed by atoms with Crippen molar-refractivity contribution < 1.29 is 0 Å². The highest BCUT2D eigenvalue weighted by Crippen LogP contribution is 2.30. The molecule has 0 aromatic carbocycles.